The summed E-state index contributed by atoms with van der Waals surface area (Å²) in [6, 6.07) is 13.3. The van der Waals surface area contributed by atoms with E-state index in [9.17, 15) is 4.79 Å². The Hall–Kier alpha value is -2.40. The van der Waals surface area contributed by atoms with Crippen molar-refractivity contribution in [1.82, 2.24) is 5.32 Å². The standard InChI is InChI=1S/C21H27ClN2O3/c1-14(10-11-16-8-6-5-7-9-16)23-21(25)15(2)24-18-12-17(22)19(26-3)13-20(18)27-4/h5-9,12-15,24H,10-11H2,1-4H3,(H,23,25)/t14-,15+/m1/s1. The molecule has 27 heavy (non-hydrogen) atoms. The minimum Gasteiger partial charge on any atom is -0.495 e. The molecule has 6 heteroatoms. The molecule has 0 fully saturated rings. The van der Waals surface area contributed by atoms with Gasteiger partial charge in [-0.2, -0.15) is 0 Å². The van der Waals surface area contributed by atoms with Crippen molar-refractivity contribution in [2.45, 2.75) is 38.8 Å². The zero-order valence-electron chi connectivity index (χ0n) is 16.2. The SMILES string of the molecule is COc1cc(OC)c(N[C@@H](C)C(=O)N[C@H](C)CCc2ccccc2)cc1Cl. The van der Waals surface area contributed by atoms with E-state index < -0.39 is 6.04 Å². The number of rotatable bonds is 9. The molecular weight excluding hydrogens is 364 g/mol. The van der Waals surface area contributed by atoms with Crippen LogP contribution in [0.4, 0.5) is 5.69 Å². The van der Waals surface area contributed by atoms with E-state index in [4.69, 9.17) is 21.1 Å². The lowest BCUT2D eigenvalue weighted by Gasteiger charge is -2.21. The zero-order chi connectivity index (χ0) is 19.8. The Bertz CT molecular complexity index is 753. The molecule has 0 saturated heterocycles. The van der Waals surface area contributed by atoms with E-state index in [2.05, 4.69) is 22.8 Å². The van der Waals surface area contributed by atoms with E-state index in [-0.39, 0.29) is 11.9 Å². The molecule has 2 rings (SSSR count). The van der Waals surface area contributed by atoms with Gasteiger partial charge in [-0.25, -0.2) is 0 Å². The third-order valence-electron chi connectivity index (χ3n) is 4.34. The molecule has 0 aliphatic heterocycles. The average Bonchev–Trinajstić information content (AvgIpc) is 2.67. The summed E-state index contributed by atoms with van der Waals surface area (Å²) in [7, 11) is 3.10. The van der Waals surface area contributed by atoms with Crippen molar-refractivity contribution in [3.8, 4) is 11.5 Å². The van der Waals surface area contributed by atoms with E-state index in [1.165, 1.54) is 5.56 Å². The lowest BCUT2D eigenvalue weighted by Crippen LogP contribution is -2.42. The summed E-state index contributed by atoms with van der Waals surface area (Å²) in [5, 5.41) is 6.65. The van der Waals surface area contributed by atoms with Crippen molar-refractivity contribution in [1.29, 1.82) is 0 Å². The number of methoxy groups -OCH3 is 2. The van der Waals surface area contributed by atoms with Crippen LogP contribution >= 0.6 is 11.6 Å². The molecule has 0 unspecified atom stereocenters. The monoisotopic (exact) mass is 390 g/mol. The van der Waals surface area contributed by atoms with Crippen molar-refractivity contribution in [3.05, 3.63) is 53.1 Å². The van der Waals surface area contributed by atoms with E-state index in [0.29, 0.717) is 22.2 Å². The Labute approximate surface area is 166 Å². The second-order valence-electron chi connectivity index (χ2n) is 6.49. The molecule has 0 heterocycles. The number of benzene rings is 2. The van der Waals surface area contributed by atoms with Gasteiger partial charge < -0.3 is 20.1 Å². The highest BCUT2D eigenvalue weighted by Gasteiger charge is 2.18. The molecule has 2 aromatic carbocycles. The van der Waals surface area contributed by atoms with Crippen molar-refractivity contribution in [2.24, 2.45) is 0 Å². The smallest absolute Gasteiger partial charge is 0.242 e. The average molecular weight is 391 g/mol. The van der Waals surface area contributed by atoms with Crippen molar-refractivity contribution in [3.63, 3.8) is 0 Å². The largest absolute Gasteiger partial charge is 0.495 e. The second-order valence-corrected chi connectivity index (χ2v) is 6.89. The molecule has 0 radical (unpaired) electrons. The number of carbonyl (C=O) groups is 1. The van der Waals surface area contributed by atoms with Gasteiger partial charge in [0.25, 0.3) is 0 Å². The first-order chi connectivity index (χ1) is 12.9. The molecule has 5 nitrogen and oxygen atoms in total. The first kappa shape index (κ1) is 20.9. The van der Waals surface area contributed by atoms with Gasteiger partial charge in [-0.05, 0) is 38.3 Å². The van der Waals surface area contributed by atoms with Gasteiger partial charge in [0.1, 0.15) is 17.5 Å². The minimum absolute atomic E-state index is 0.0725. The molecule has 0 aliphatic carbocycles. The molecule has 0 aliphatic rings. The Balaban J connectivity index is 1.92. The predicted molar refractivity (Wildman–Crippen MR) is 110 cm³/mol. The van der Waals surface area contributed by atoms with Crippen LogP contribution in [0.2, 0.25) is 5.02 Å². The molecule has 0 spiro atoms. The summed E-state index contributed by atoms with van der Waals surface area (Å²) < 4.78 is 10.6. The normalized spacial score (nSPS) is 12.8. The quantitative estimate of drug-likeness (QED) is 0.670. The maximum Gasteiger partial charge on any atom is 0.242 e. The van der Waals surface area contributed by atoms with Gasteiger partial charge >= 0.3 is 0 Å². The van der Waals surface area contributed by atoms with Gasteiger partial charge in [-0.15, -0.1) is 0 Å². The van der Waals surface area contributed by atoms with Gasteiger partial charge in [-0.1, -0.05) is 41.9 Å². The Morgan fingerprint density at radius 3 is 2.37 bits per heavy atom. The zero-order valence-corrected chi connectivity index (χ0v) is 17.0. The van der Waals surface area contributed by atoms with E-state index in [1.54, 1.807) is 33.3 Å². The van der Waals surface area contributed by atoms with Crippen LogP contribution in [0.5, 0.6) is 11.5 Å². The Morgan fingerprint density at radius 1 is 1.07 bits per heavy atom. The number of ether oxygens (including phenoxy) is 2. The van der Waals surface area contributed by atoms with Gasteiger partial charge in [0, 0.05) is 12.1 Å². The van der Waals surface area contributed by atoms with Crippen LogP contribution in [-0.4, -0.2) is 32.2 Å². The first-order valence-corrected chi connectivity index (χ1v) is 9.34. The summed E-state index contributed by atoms with van der Waals surface area (Å²) in [5.74, 6) is 1.00. The Kier molecular flexibility index (Phi) is 7.80. The lowest BCUT2D eigenvalue weighted by atomic mass is 10.1. The van der Waals surface area contributed by atoms with Crippen LogP contribution < -0.4 is 20.1 Å². The summed E-state index contributed by atoms with van der Waals surface area (Å²) in [6.07, 6.45) is 1.80. The maximum atomic E-state index is 12.5. The third kappa shape index (κ3) is 6.07. The van der Waals surface area contributed by atoms with Crippen LogP contribution in [0, 0.1) is 0 Å². The van der Waals surface area contributed by atoms with Gasteiger partial charge in [0.2, 0.25) is 5.91 Å². The number of amides is 1. The van der Waals surface area contributed by atoms with Crippen molar-refractivity contribution < 1.29 is 14.3 Å². The number of hydrogen-bond acceptors (Lipinski definition) is 4. The van der Waals surface area contributed by atoms with Gasteiger partial charge in [-0.3, -0.25) is 4.79 Å². The second kappa shape index (κ2) is 10.1. The molecule has 1 amide bonds. The number of anilines is 1. The molecule has 0 bridgehead atoms. The van der Waals surface area contributed by atoms with Crippen LogP contribution in [0.3, 0.4) is 0 Å². The molecule has 0 saturated carbocycles. The molecule has 2 atom stereocenters. The summed E-state index contributed by atoms with van der Waals surface area (Å²) >= 11 is 6.18. The number of hydrogen-bond donors (Lipinski definition) is 2. The highest BCUT2D eigenvalue weighted by molar-refractivity contribution is 6.32. The van der Waals surface area contributed by atoms with E-state index in [0.717, 1.165) is 12.8 Å². The highest BCUT2D eigenvalue weighted by Crippen LogP contribution is 2.36. The Morgan fingerprint density at radius 2 is 1.74 bits per heavy atom. The van der Waals surface area contributed by atoms with E-state index >= 15 is 0 Å². The molecular formula is C21H27ClN2O3. The minimum atomic E-state index is -0.442. The fourth-order valence-electron chi connectivity index (χ4n) is 2.74. The fraction of sp³-hybridized carbons (Fsp3) is 0.381. The number of halogens is 1. The number of aryl methyl sites for hydroxylation is 1. The van der Waals surface area contributed by atoms with Crippen molar-refractivity contribution in [2.75, 3.05) is 19.5 Å². The molecule has 2 N–H and O–H groups in total. The number of carbonyl (C=O) groups excluding carboxylic acids is 1. The van der Waals surface area contributed by atoms with Crippen LogP contribution in [0.25, 0.3) is 0 Å². The van der Waals surface area contributed by atoms with Crippen molar-refractivity contribution >= 4 is 23.2 Å². The van der Waals surface area contributed by atoms with Crippen LogP contribution in [0.15, 0.2) is 42.5 Å². The highest BCUT2D eigenvalue weighted by atomic mass is 35.5. The van der Waals surface area contributed by atoms with Crippen LogP contribution in [-0.2, 0) is 11.2 Å². The summed E-state index contributed by atoms with van der Waals surface area (Å²) in [5.41, 5.74) is 1.91. The molecule has 146 valence electrons. The maximum absolute atomic E-state index is 12.5. The first-order valence-electron chi connectivity index (χ1n) is 8.97. The van der Waals surface area contributed by atoms with E-state index in [1.807, 2.05) is 25.1 Å². The topological polar surface area (TPSA) is 59.6 Å². The summed E-state index contributed by atoms with van der Waals surface area (Å²) in [6.45, 7) is 3.81. The molecule has 0 aromatic heterocycles. The summed E-state index contributed by atoms with van der Waals surface area (Å²) in [4.78, 5) is 12.5. The lowest BCUT2D eigenvalue weighted by molar-refractivity contribution is -0.122. The predicted octanol–water partition coefficient (Wildman–Crippen LogP) is 4.30. The van der Waals surface area contributed by atoms with Crippen LogP contribution in [0.1, 0.15) is 25.8 Å². The third-order valence-corrected chi connectivity index (χ3v) is 4.63. The fourth-order valence-corrected chi connectivity index (χ4v) is 2.98. The van der Waals surface area contributed by atoms with Gasteiger partial charge in [0.15, 0.2) is 0 Å². The molecule has 2 aromatic rings. The van der Waals surface area contributed by atoms with Gasteiger partial charge in [0.05, 0.1) is 24.9 Å². The number of nitrogens with one attached hydrogen (secondary N) is 2.